The predicted molar refractivity (Wildman–Crippen MR) is 123 cm³/mol. The Labute approximate surface area is 188 Å². The van der Waals surface area contributed by atoms with E-state index in [1.54, 1.807) is 12.1 Å². The van der Waals surface area contributed by atoms with Gasteiger partial charge in [0.05, 0.1) is 22.9 Å². The lowest BCUT2D eigenvalue weighted by molar-refractivity contribution is -0.190. The van der Waals surface area contributed by atoms with Gasteiger partial charge < -0.3 is 14.6 Å². The minimum absolute atomic E-state index is 0.0645. The number of aliphatic hydroxyl groups is 1. The summed E-state index contributed by atoms with van der Waals surface area (Å²) in [7, 11) is -3.53. The standard InChI is InChI=1S/C25H40O5S/c1-22-15-17-25(29-19-20-30-25)21-24(22,31(27,28)23-13-9-8-10-14-23)16-11-6-4-2-3-5-7-12-18-26/h8-10,13-14,22,26H,2-7,11-12,15-21H2,1H3. The van der Waals surface area contributed by atoms with Crippen molar-refractivity contribution in [1.29, 1.82) is 0 Å². The molecule has 5 nitrogen and oxygen atoms in total. The van der Waals surface area contributed by atoms with Crippen LogP contribution in [0.2, 0.25) is 0 Å². The number of rotatable bonds is 12. The minimum Gasteiger partial charge on any atom is -0.396 e. The molecule has 1 aromatic rings. The fourth-order valence-corrected chi connectivity index (χ4v) is 7.88. The third kappa shape index (κ3) is 5.70. The Kier molecular flexibility index (Phi) is 8.97. The van der Waals surface area contributed by atoms with Crippen LogP contribution in [-0.2, 0) is 19.3 Å². The van der Waals surface area contributed by atoms with Crippen molar-refractivity contribution >= 4 is 9.84 Å². The molecule has 1 aliphatic heterocycles. The van der Waals surface area contributed by atoms with Gasteiger partial charge in [0.15, 0.2) is 15.6 Å². The molecule has 1 heterocycles. The van der Waals surface area contributed by atoms with E-state index in [-0.39, 0.29) is 12.5 Å². The van der Waals surface area contributed by atoms with Crippen LogP contribution in [0.15, 0.2) is 35.2 Å². The highest BCUT2D eigenvalue weighted by atomic mass is 32.2. The fraction of sp³-hybridized carbons (Fsp3) is 0.760. The first-order chi connectivity index (χ1) is 15.0. The van der Waals surface area contributed by atoms with E-state index in [4.69, 9.17) is 14.6 Å². The van der Waals surface area contributed by atoms with Crippen LogP contribution in [0.5, 0.6) is 0 Å². The Morgan fingerprint density at radius 3 is 2.13 bits per heavy atom. The van der Waals surface area contributed by atoms with Crippen LogP contribution >= 0.6 is 0 Å². The molecule has 1 saturated heterocycles. The lowest BCUT2D eigenvalue weighted by Crippen LogP contribution is -2.55. The zero-order chi connectivity index (χ0) is 22.2. The number of benzene rings is 1. The second-order valence-electron chi connectivity index (χ2n) is 9.41. The van der Waals surface area contributed by atoms with Crippen molar-refractivity contribution < 1.29 is 23.0 Å². The zero-order valence-electron chi connectivity index (χ0n) is 19.1. The smallest absolute Gasteiger partial charge is 0.184 e. The molecule has 0 bridgehead atoms. The van der Waals surface area contributed by atoms with Crippen molar-refractivity contribution in [2.45, 2.75) is 99.4 Å². The lowest BCUT2D eigenvalue weighted by Gasteiger charge is -2.48. The number of sulfone groups is 1. The Bertz CT molecular complexity index is 757. The molecule has 6 heteroatoms. The molecule has 31 heavy (non-hydrogen) atoms. The third-order valence-electron chi connectivity index (χ3n) is 7.34. The Hall–Kier alpha value is -0.950. The van der Waals surface area contributed by atoms with Gasteiger partial charge in [-0.1, -0.05) is 70.1 Å². The predicted octanol–water partition coefficient (Wildman–Crippen LogP) is 5.27. The largest absolute Gasteiger partial charge is 0.396 e. The van der Waals surface area contributed by atoms with E-state index in [9.17, 15) is 8.42 Å². The summed E-state index contributed by atoms with van der Waals surface area (Å²) in [5.74, 6) is -0.671. The minimum atomic E-state index is -3.53. The van der Waals surface area contributed by atoms with Crippen molar-refractivity contribution in [3.05, 3.63) is 30.3 Å². The summed E-state index contributed by atoms with van der Waals surface area (Å²) >= 11 is 0. The van der Waals surface area contributed by atoms with E-state index in [1.165, 1.54) is 19.3 Å². The topological polar surface area (TPSA) is 72.8 Å². The summed E-state index contributed by atoms with van der Waals surface area (Å²) in [6.07, 6.45) is 11.3. The van der Waals surface area contributed by atoms with Gasteiger partial charge in [-0.05, 0) is 37.3 Å². The first-order valence-corrected chi connectivity index (χ1v) is 13.6. The van der Waals surface area contributed by atoms with E-state index < -0.39 is 20.4 Å². The second kappa shape index (κ2) is 11.3. The summed E-state index contributed by atoms with van der Waals surface area (Å²) in [6.45, 7) is 3.48. The summed E-state index contributed by atoms with van der Waals surface area (Å²) in [5, 5.41) is 8.87. The van der Waals surface area contributed by atoms with E-state index in [1.807, 2.05) is 18.2 Å². The first kappa shape index (κ1) is 24.7. The molecule has 2 atom stereocenters. The van der Waals surface area contributed by atoms with E-state index in [0.717, 1.165) is 44.9 Å². The monoisotopic (exact) mass is 452 g/mol. The summed E-state index contributed by atoms with van der Waals surface area (Å²) < 4.78 is 39.1. The summed E-state index contributed by atoms with van der Waals surface area (Å²) in [4.78, 5) is 0.417. The molecule has 0 aromatic heterocycles. The molecule has 0 amide bonds. The maximum absolute atomic E-state index is 14.0. The van der Waals surface area contributed by atoms with Gasteiger partial charge in [0.25, 0.3) is 0 Å². The summed E-state index contributed by atoms with van der Waals surface area (Å²) in [5.41, 5.74) is 0. The highest BCUT2D eigenvalue weighted by Crippen LogP contribution is 2.52. The Morgan fingerprint density at radius 2 is 1.52 bits per heavy atom. The zero-order valence-corrected chi connectivity index (χ0v) is 19.9. The number of ether oxygens (including phenoxy) is 2. The number of hydrogen-bond donors (Lipinski definition) is 1. The average molecular weight is 453 g/mol. The van der Waals surface area contributed by atoms with Crippen LogP contribution in [0, 0.1) is 5.92 Å². The third-order valence-corrected chi connectivity index (χ3v) is 10.0. The Morgan fingerprint density at radius 1 is 0.935 bits per heavy atom. The molecule has 2 unspecified atom stereocenters. The Balaban J connectivity index is 1.70. The van der Waals surface area contributed by atoms with Gasteiger partial charge in [-0.25, -0.2) is 8.42 Å². The van der Waals surface area contributed by atoms with Gasteiger partial charge in [-0.2, -0.15) is 0 Å². The van der Waals surface area contributed by atoms with Crippen molar-refractivity contribution in [3.63, 3.8) is 0 Å². The molecule has 2 fully saturated rings. The van der Waals surface area contributed by atoms with E-state index in [2.05, 4.69) is 6.92 Å². The number of hydrogen-bond acceptors (Lipinski definition) is 5. The van der Waals surface area contributed by atoms with Gasteiger partial charge in [0, 0.05) is 19.4 Å². The molecule has 3 rings (SSSR count). The molecular formula is C25H40O5S. The SMILES string of the molecule is CC1CCC2(CC1(CCCCCCCCCCO)S(=O)(=O)c1ccccc1)OCCO2. The molecule has 0 radical (unpaired) electrons. The molecule has 1 aliphatic carbocycles. The quantitative estimate of drug-likeness (QED) is 0.438. The second-order valence-corrected chi connectivity index (χ2v) is 11.7. The molecule has 1 saturated carbocycles. The molecule has 2 aliphatic rings. The first-order valence-electron chi connectivity index (χ1n) is 12.1. The molecule has 1 N–H and O–H groups in total. The average Bonchev–Trinajstić information content (AvgIpc) is 3.23. The van der Waals surface area contributed by atoms with E-state index in [0.29, 0.717) is 31.0 Å². The maximum atomic E-state index is 14.0. The van der Waals surface area contributed by atoms with Gasteiger partial charge in [0.1, 0.15) is 0 Å². The molecular weight excluding hydrogens is 412 g/mol. The van der Waals surface area contributed by atoms with Crippen molar-refractivity contribution in [2.75, 3.05) is 19.8 Å². The molecule has 1 aromatic carbocycles. The van der Waals surface area contributed by atoms with Crippen LogP contribution in [0.1, 0.15) is 84.0 Å². The van der Waals surface area contributed by atoms with E-state index >= 15 is 0 Å². The van der Waals surface area contributed by atoms with Crippen LogP contribution in [-0.4, -0.2) is 43.9 Å². The normalized spacial score (nSPS) is 25.8. The van der Waals surface area contributed by atoms with Gasteiger partial charge in [0.2, 0.25) is 0 Å². The lowest BCUT2D eigenvalue weighted by atomic mass is 9.73. The van der Waals surface area contributed by atoms with Crippen LogP contribution in [0.3, 0.4) is 0 Å². The fourth-order valence-electron chi connectivity index (χ4n) is 5.42. The number of aliphatic hydroxyl groups excluding tert-OH is 1. The number of unbranched alkanes of at least 4 members (excludes halogenated alkanes) is 7. The molecule has 1 spiro atoms. The van der Waals surface area contributed by atoms with Gasteiger partial charge in [-0.15, -0.1) is 0 Å². The highest BCUT2D eigenvalue weighted by molar-refractivity contribution is 7.92. The van der Waals surface area contributed by atoms with Crippen molar-refractivity contribution in [2.24, 2.45) is 5.92 Å². The van der Waals surface area contributed by atoms with Crippen molar-refractivity contribution in [3.8, 4) is 0 Å². The van der Waals surface area contributed by atoms with Crippen molar-refractivity contribution in [1.82, 2.24) is 0 Å². The van der Waals surface area contributed by atoms with Crippen LogP contribution < -0.4 is 0 Å². The highest BCUT2D eigenvalue weighted by Gasteiger charge is 2.58. The molecule has 176 valence electrons. The van der Waals surface area contributed by atoms with Gasteiger partial charge >= 0.3 is 0 Å². The maximum Gasteiger partial charge on any atom is 0.184 e. The van der Waals surface area contributed by atoms with Crippen LogP contribution in [0.4, 0.5) is 0 Å². The van der Waals surface area contributed by atoms with Crippen LogP contribution in [0.25, 0.3) is 0 Å². The summed E-state index contributed by atoms with van der Waals surface area (Å²) in [6, 6.07) is 8.94. The van der Waals surface area contributed by atoms with Gasteiger partial charge in [-0.3, -0.25) is 0 Å².